The monoisotopic (exact) mass is 207 g/mol. The van der Waals surface area contributed by atoms with Crippen LogP contribution >= 0.6 is 11.6 Å². The van der Waals surface area contributed by atoms with E-state index in [9.17, 15) is 9.90 Å². The van der Waals surface area contributed by atoms with Crippen molar-refractivity contribution in [3.63, 3.8) is 0 Å². The molecule has 0 aromatic rings. The first kappa shape index (κ1) is 12.7. The Balaban J connectivity index is 3.32. The molecule has 78 valence electrons. The van der Waals surface area contributed by atoms with Gasteiger partial charge in [-0.3, -0.25) is 0 Å². The molecule has 0 aliphatic carbocycles. The van der Waals surface area contributed by atoms with Gasteiger partial charge >= 0.3 is 0 Å². The summed E-state index contributed by atoms with van der Waals surface area (Å²) in [7, 11) is 0. The molecule has 1 N–H and O–H groups in total. The van der Waals surface area contributed by atoms with Crippen molar-refractivity contribution in [3.05, 3.63) is 0 Å². The van der Waals surface area contributed by atoms with Gasteiger partial charge in [-0.2, -0.15) is 0 Å². The molecule has 0 bridgehead atoms. The lowest BCUT2D eigenvalue weighted by atomic mass is 9.99. The predicted molar refractivity (Wildman–Crippen MR) is 49.4 cm³/mol. The molecule has 0 fully saturated rings. The van der Waals surface area contributed by atoms with Crippen LogP contribution in [0.4, 0.5) is 0 Å². The van der Waals surface area contributed by atoms with E-state index in [0.29, 0.717) is 12.3 Å². The highest BCUT2D eigenvalue weighted by molar-refractivity contribution is 6.17. The smallest absolute Gasteiger partial charge is 0.0459 e. The van der Waals surface area contributed by atoms with E-state index in [1.807, 2.05) is 0 Å². The van der Waals surface area contributed by atoms with E-state index in [1.54, 1.807) is 0 Å². The van der Waals surface area contributed by atoms with Crippen molar-refractivity contribution in [2.75, 3.05) is 12.5 Å². The van der Waals surface area contributed by atoms with Crippen molar-refractivity contribution < 1.29 is 15.0 Å². The minimum atomic E-state index is -1.00. The van der Waals surface area contributed by atoms with Gasteiger partial charge in [-0.15, -0.1) is 11.6 Å². The van der Waals surface area contributed by atoms with E-state index >= 15 is 0 Å². The fraction of sp³-hybridized carbons (Fsp3) is 0.889. The molecule has 0 aromatic heterocycles. The lowest BCUT2D eigenvalue weighted by Gasteiger charge is -2.11. The number of unbranched alkanes of at least 4 members (excludes halogenated alkanes) is 1. The number of aliphatic carboxylic acids is 1. The molecule has 0 saturated carbocycles. The topological polar surface area (TPSA) is 60.4 Å². The lowest BCUT2D eigenvalue weighted by molar-refractivity contribution is -0.305. The van der Waals surface area contributed by atoms with Crippen molar-refractivity contribution in [2.45, 2.75) is 32.1 Å². The number of hydrogen-bond acceptors (Lipinski definition) is 3. The Morgan fingerprint density at radius 1 is 1.38 bits per heavy atom. The Kier molecular flexibility index (Phi) is 8.14. The van der Waals surface area contributed by atoms with Crippen LogP contribution in [0, 0.1) is 5.92 Å². The molecule has 3 nitrogen and oxygen atoms in total. The Morgan fingerprint density at radius 2 is 2.08 bits per heavy atom. The van der Waals surface area contributed by atoms with Crippen LogP contribution in [0.15, 0.2) is 0 Å². The van der Waals surface area contributed by atoms with Gasteiger partial charge in [-0.25, -0.2) is 0 Å². The summed E-state index contributed by atoms with van der Waals surface area (Å²) in [5.41, 5.74) is 0. The van der Waals surface area contributed by atoms with Gasteiger partial charge in [0, 0.05) is 18.5 Å². The van der Waals surface area contributed by atoms with Gasteiger partial charge in [0.05, 0.1) is 0 Å². The molecule has 0 spiro atoms. The normalized spacial score (nSPS) is 12.8. The number of aliphatic hydroxyl groups excluding tert-OH is 1. The molecule has 0 rings (SSSR count). The zero-order valence-corrected chi connectivity index (χ0v) is 8.42. The summed E-state index contributed by atoms with van der Waals surface area (Å²) in [6.07, 6.45) is 3.19. The van der Waals surface area contributed by atoms with Crippen LogP contribution in [0.1, 0.15) is 32.1 Å². The molecule has 13 heavy (non-hydrogen) atoms. The zero-order chi connectivity index (χ0) is 10.1. The number of carbonyl (C=O) groups excluding carboxylic acids is 1. The second-order valence-corrected chi connectivity index (χ2v) is 3.52. The second kappa shape index (κ2) is 8.32. The van der Waals surface area contributed by atoms with Crippen LogP contribution in [-0.2, 0) is 4.79 Å². The van der Waals surface area contributed by atoms with Gasteiger partial charge < -0.3 is 15.0 Å². The first-order valence-electron chi connectivity index (χ1n) is 4.57. The average Bonchev–Trinajstić information content (AvgIpc) is 2.10. The predicted octanol–water partition coefficient (Wildman–Crippen LogP) is 0.534. The SMILES string of the molecule is O=C([O-])CCCCC(CO)CCCl. The quantitative estimate of drug-likeness (QED) is 0.467. The number of alkyl halides is 1. The summed E-state index contributed by atoms with van der Waals surface area (Å²) in [4.78, 5) is 10.1. The largest absolute Gasteiger partial charge is 0.550 e. The number of carbonyl (C=O) groups is 1. The Bertz CT molecular complexity index is 139. The average molecular weight is 208 g/mol. The minimum Gasteiger partial charge on any atom is -0.550 e. The van der Waals surface area contributed by atoms with E-state index < -0.39 is 5.97 Å². The fourth-order valence-corrected chi connectivity index (χ4v) is 1.49. The molecule has 0 amide bonds. The highest BCUT2D eigenvalue weighted by Crippen LogP contribution is 2.13. The summed E-state index contributed by atoms with van der Waals surface area (Å²) >= 11 is 5.52. The van der Waals surface area contributed by atoms with Crippen LogP contribution in [0.25, 0.3) is 0 Å². The number of carboxylic acids is 1. The first-order valence-corrected chi connectivity index (χ1v) is 5.10. The van der Waals surface area contributed by atoms with E-state index in [1.165, 1.54) is 0 Å². The first-order chi connectivity index (χ1) is 6.20. The van der Waals surface area contributed by atoms with Crippen LogP contribution in [0.2, 0.25) is 0 Å². The number of hydrogen-bond donors (Lipinski definition) is 1. The standard InChI is InChI=1S/C9H17ClO3/c10-6-5-8(7-11)3-1-2-4-9(12)13/h8,11H,1-7H2,(H,12,13)/p-1. The van der Waals surface area contributed by atoms with Crippen molar-refractivity contribution >= 4 is 17.6 Å². The molecule has 0 saturated heterocycles. The number of halogens is 1. The zero-order valence-electron chi connectivity index (χ0n) is 7.67. The molecule has 0 aliphatic rings. The van der Waals surface area contributed by atoms with E-state index in [0.717, 1.165) is 19.3 Å². The van der Waals surface area contributed by atoms with E-state index in [-0.39, 0.29) is 18.9 Å². The Hall–Kier alpha value is -0.280. The molecule has 0 aromatic carbocycles. The minimum absolute atomic E-state index is 0.110. The van der Waals surface area contributed by atoms with Gasteiger partial charge in [-0.1, -0.05) is 6.42 Å². The molecular weight excluding hydrogens is 192 g/mol. The van der Waals surface area contributed by atoms with Crippen molar-refractivity contribution in [1.82, 2.24) is 0 Å². The van der Waals surface area contributed by atoms with Gasteiger partial charge in [0.1, 0.15) is 0 Å². The number of rotatable bonds is 8. The van der Waals surface area contributed by atoms with Crippen LogP contribution in [-0.4, -0.2) is 23.6 Å². The molecule has 0 radical (unpaired) electrons. The Labute approximate surface area is 83.7 Å². The summed E-state index contributed by atoms with van der Waals surface area (Å²) in [5, 5.41) is 18.9. The molecule has 0 aliphatic heterocycles. The number of aliphatic hydroxyl groups is 1. The lowest BCUT2D eigenvalue weighted by Crippen LogP contribution is -2.21. The third-order valence-corrected chi connectivity index (χ3v) is 2.24. The third kappa shape index (κ3) is 8.06. The van der Waals surface area contributed by atoms with Crippen molar-refractivity contribution in [3.8, 4) is 0 Å². The molecule has 4 heteroatoms. The van der Waals surface area contributed by atoms with Gasteiger partial charge in [0.2, 0.25) is 0 Å². The summed E-state index contributed by atoms with van der Waals surface area (Å²) in [5.74, 6) is -0.233. The maximum absolute atomic E-state index is 10.1. The fourth-order valence-electron chi connectivity index (χ4n) is 1.18. The molecule has 1 atom stereocenters. The van der Waals surface area contributed by atoms with Gasteiger partial charge in [0.15, 0.2) is 0 Å². The highest BCUT2D eigenvalue weighted by Gasteiger charge is 2.05. The summed E-state index contributed by atoms with van der Waals surface area (Å²) < 4.78 is 0. The highest BCUT2D eigenvalue weighted by atomic mass is 35.5. The molecule has 0 heterocycles. The maximum Gasteiger partial charge on any atom is 0.0459 e. The van der Waals surface area contributed by atoms with Crippen molar-refractivity contribution in [1.29, 1.82) is 0 Å². The van der Waals surface area contributed by atoms with Crippen LogP contribution in [0.5, 0.6) is 0 Å². The van der Waals surface area contributed by atoms with Crippen LogP contribution < -0.4 is 5.11 Å². The second-order valence-electron chi connectivity index (χ2n) is 3.14. The summed E-state index contributed by atoms with van der Waals surface area (Å²) in [6, 6.07) is 0. The Morgan fingerprint density at radius 3 is 2.54 bits per heavy atom. The van der Waals surface area contributed by atoms with Gasteiger partial charge in [-0.05, 0) is 31.6 Å². The van der Waals surface area contributed by atoms with Gasteiger partial charge in [0.25, 0.3) is 0 Å². The maximum atomic E-state index is 10.1. The van der Waals surface area contributed by atoms with E-state index in [4.69, 9.17) is 16.7 Å². The third-order valence-electron chi connectivity index (χ3n) is 2.02. The molecule has 1 unspecified atom stereocenters. The van der Waals surface area contributed by atoms with E-state index in [2.05, 4.69) is 0 Å². The van der Waals surface area contributed by atoms with Crippen LogP contribution in [0.3, 0.4) is 0 Å². The molecular formula is C9H16ClO3-. The number of carboxylic acid groups (broad SMARTS) is 1. The summed E-state index contributed by atoms with van der Waals surface area (Å²) in [6.45, 7) is 0.137. The van der Waals surface area contributed by atoms with Crippen molar-refractivity contribution in [2.24, 2.45) is 5.92 Å².